The Hall–Kier alpha value is -1.96. The molecule has 0 unspecified atom stereocenters. The molecular weight excluding hydrogens is 228 g/mol. The zero-order chi connectivity index (χ0) is 12.7. The van der Waals surface area contributed by atoms with Crippen LogP contribution in [0.4, 0.5) is 0 Å². The van der Waals surface area contributed by atoms with Crippen molar-refractivity contribution in [1.82, 2.24) is 20.3 Å². The van der Waals surface area contributed by atoms with E-state index in [9.17, 15) is 9.59 Å². The van der Waals surface area contributed by atoms with E-state index in [1.165, 1.54) is 18.0 Å². The molecule has 0 spiro atoms. The predicted octanol–water partition coefficient (Wildman–Crippen LogP) is -0.985. The average molecular weight is 242 g/mol. The van der Waals surface area contributed by atoms with Gasteiger partial charge in [0, 0.05) is 13.5 Å². The zero-order valence-corrected chi connectivity index (χ0v) is 9.42. The van der Waals surface area contributed by atoms with E-state index in [0.29, 0.717) is 12.3 Å². The first-order valence-electron chi connectivity index (χ1n) is 4.98. The Bertz CT molecular complexity index is 390. The first-order valence-corrected chi connectivity index (χ1v) is 4.98. The van der Waals surface area contributed by atoms with Gasteiger partial charge >= 0.3 is 5.97 Å². The molecular formula is C9H14N4O4. The van der Waals surface area contributed by atoms with Crippen molar-refractivity contribution in [2.75, 3.05) is 13.7 Å². The van der Waals surface area contributed by atoms with Gasteiger partial charge < -0.3 is 15.2 Å². The molecule has 1 amide bonds. The maximum absolute atomic E-state index is 11.2. The number of hydrogen-bond donors (Lipinski definition) is 2. The molecule has 0 saturated carbocycles. The van der Waals surface area contributed by atoms with E-state index in [1.807, 2.05) is 0 Å². The summed E-state index contributed by atoms with van der Waals surface area (Å²) < 4.78 is 5.95. The van der Waals surface area contributed by atoms with Gasteiger partial charge in [0.05, 0.1) is 19.3 Å². The topological polar surface area (TPSA) is 106 Å². The number of nitrogens with zero attached hydrogens (tertiary/aromatic N) is 3. The highest BCUT2D eigenvalue weighted by molar-refractivity contribution is 5.75. The number of aliphatic carboxylic acids is 1. The first kappa shape index (κ1) is 13.1. The van der Waals surface area contributed by atoms with Crippen molar-refractivity contribution in [3.05, 3.63) is 11.9 Å². The average Bonchev–Trinajstić information content (AvgIpc) is 2.70. The summed E-state index contributed by atoms with van der Waals surface area (Å²) in [5, 5.41) is 18.5. The maximum atomic E-state index is 11.2. The standard InChI is InChI=1S/C9H14N4O4/c1-17-3-2-8(14)10-4-7-5-13(12-11-7)6-9(15)16/h5H,2-4,6H2,1H3,(H,10,14)(H,15,16). The van der Waals surface area contributed by atoms with Gasteiger partial charge in [-0.3, -0.25) is 9.59 Å². The summed E-state index contributed by atoms with van der Waals surface area (Å²) in [6, 6.07) is 0. The van der Waals surface area contributed by atoms with Crippen LogP contribution in [-0.4, -0.2) is 45.7 Å². The number of carboxylic acid groups (broad SMARTS) is 1. The summed E-state index contributed by atoms with van der Waals surface area (Å²) >= 11 is 0. The lowest BCUT2D eigenvalue weighted by molar-refractivity contribution is -0.138. The highest BCUT2D eigenvalue weighted by atomic mass is 16.5. The van der Waals surface area contributed by atoms with Gasteiger partial charge in [0.25, 0.3) is 0 Å². The molecule has 0 aliphatic rings. The molecule has 94 valence electrons. The molecule has 0 fully saturated rings. The SMILES string of the molecule is COCCC(=O)NCc1cn(CC(=O)O)nn1. The van der Waals surface area contributed by atoms with Crippen LogP contribution in [0.5, 0.6) is 0 Å². The fourth-order valence-electron chi connectivity index (χ4n) is 1.11. The summed E-state index contributed by atoms with van der Waals surface area (Å²) in [7, 11) is 1.52. The lowest BCUT2D eigenvalue weighted by Gasteiger charge is -2.01. The molecule has 8 nitrogen and oxygen atoms in total. The van der Waals surface area contributed by atoms with E-state index < -0.39 is 5.97 Å². The normalized spacial score (nSPS) is 10.2. The van der Waals surface area contributed by atoms with Gasteiger partial charge in [-0.2, -0.15) is 0 Å². The van der Waals surface area contributed by atoms with Gasteiger partial charge in [-0.25, -0.2) is 4.68 Å². The van der Waals surface area contributed by atoms with Crippen LogP contribution in [0.2, 0.25) is 0 Å². The van der Waals surface area contributed by atoms with E-state index in [4.69, 9.17) is 9.84 Å². The number of amides is 1. The fraction of sp³-hybridized carbons (Fsp3) is 0.556. The Morgan fingerprint density at radius 3 is 3.00 bits per heavy atom. The van der Waals surface area contributed by atoms with Gasteiger partial charge in [0.2, 0.25) is 5.91 Å². The minimum absolute atomic E-state index is 0.153. The van der Waals surface area contributed by atoms with Crippen molar-refractivity contribution < 1.29 is 19.4 Å². The number of hydrogen-bond acceptors (Lipinski definition) is 5. The van der Waals surface area contributed by atoms with E-state index in [2.05, 4.69) is 15.6 Å². The predicted molar refractivity (Wildman–Crippen MR) is 56.0 cm³/mol. The molecule has 1 aromatic heterocycles. The molecule has 0 atom stereocenters. The number of rotatable bonds is 7. The van der Waals surface area contributed by atoms with E-state index >= 15 is 0 Å². The lowest BCUT2D eigenvalue weighted by atomic mass is 10.4. The molecule has 17 heavy (non-hydrogen) atoms. The van der Waals surface area contributed by atoms with Crippen LogP contribution in [0.3, 0.4) is 0 Å². The highest BCUT2D eigenvalue weighted by Gasteiger charge is 2.06. The smallest absolute Gasteiger partial charge is 0.325 e. The second kappa shape index (κ2) is 6.59. The van der Waals surface area contributed by atoms with Crippen molar-refractivity contribution >= 4 is 11.9 Å². The molecule has 0 aliphatic carbocycles. The van der Waals surface area contributed by atoms with Gasteiger partial charge in [-0.1, -0.05) is 5.21 Å². The number of aromatic nitrogens is 3. The van der Waals surface area contributed by atoms with Gasteiger partial charge in [-0.15, -0.1) is 5.10 Å². The van der Waals surface area contributed by atoms with Gasteiger partial charge in [0.15, 0.2) is 0 Å². The van der Waals surface area contributed by atoms with Crippen LogP contribution < -0.4 is 5.32 Å². The molecule has 0 aliphatic heterocycles. The molecule has 8 heteroatoms. The number of methoxy groups -OCH3 is 1. The van der Waals surface area contributed by atoms with E-state index in [-0.39, 0.29) is 25.4 Å². The molecule has 0 saturated heterocycles. The third-order valence-corrected chi connectivity index (χ3v) is 1.88. The Kier molecular flexibility index (Phi) is 5.08. The Labute approximate surface area is 97.6 Å². The highest BCUT2D eigenvalue weighted by Crippen LogP contribution is 1.93. The molecule has 0 aromatic carbocycles. The summed E-state index contributed by atoms with van der Waals surface area (Å²) in [6.07, 6.45) is 1.75. The molecule has 1 aromatic rings. The third-order valence-electron chi connectivity index (χ3n) is 1.88. The van der Waals surface area contributed by atoms with Gasteiger partial charge in [-0.05, 0) is 0 Å². The Balaban J connectivity index is 2.34. The van der Waals surface area contributed by atoms with Crippen molar-refractivity contribution in [2.45, 2.75) is 19.5 Å². The van der Waals surface area contributed by atoms with Crippen molar-refractivity contribution in [2.24, 2.45) is 0 Å². The molecule has 1 heterocycles. The number of ether oxygens (including phenoxy) is 1. The van der Waals surface area contributed by atoms with Crippen LogP contribution in [0, 0.1) is 0 Å². The largest absolute Gasteiger partial charge is 0.480 e. The lowest BCUT2D eigenvalue weighted by Crippen LogP contribution is -2.23. The van der Waals surface area contributed by atoms with Gasteiger partial charge in [0.1, 0.15) is 12.2 Å². The maximum Gasteiger partial charge on any atom is 0.325 e. The third kappa shape index (κ3) is 5.07. The quantitative estimate of drug-likeness (QED) is 0.636. The summed E-state index contributed by atoms with van der Waals surface area (Å²) in [6.45, 7) is 0.338. The summed E-state index contributed by atoms with van der Waals surface area (Å²) in [5.74, 6) is -1.15. The van der Waals surface area contributed by atoms with Crippen molar-refractivity contribution in [1.29, 1.82) is 0 Å². The number of carboxylic acids is 1. The molecule has 0 radical (unpaired) electrons. The van der Waals surface area contributed by atoms with Crippen molar-refractivity contribution in [3.63, 3.8) is 0 Å². The number of carbonyl (C=O) groups is 2. The second-order valence-electron chi connectivity index (χ2n) is 3.32. The molecule has 2 N–H and O–H groups in total. The van der Waals surface area contributed by atoms with Crippen LogP contribution in [0.15, 0.2) is 6.20 Å². The summed E-state index contributed by atoms with van der Waals surface area (Å²) in [5.41, 5.74) is 0.511. The van der Waals surface area contributed by atoms with Crippen molar-refractivity contribution in [3.8, 4) is 0 Å². The van der Waals surface area contributed by atoms with Crippen LogP contribution in [0.25, 0.3) is 0 Å². The first-order chi connectivity index (χ1) is 8.11. The fourth-order valence-corrected chi connectivity index (χ4v) is 1.11. The Morgan fingerprint density at radius 2 is 2.35 bits per heavy atom. The number of carbonyl (C=O) groups excluding carboxylic acids is 1. The van der Waals surface area contributed by atoms with Crippen LogP contribution in [-0.2, 0) is 27.4 Å². The number of nitrogens with one attached hydrogen (secondary N) is 1. The second-order valence-corrected chi connectivity index (χ2v) is 3.32. The van der Waals surface area contributed by atoms with Crippen LogP contribution >= 0.6 is 0 Å². The molecule has 0 bridgehead atoms. The van der Waals surface area contributed by atoms with E-state index in [1.54, 1.807) is 0 Å². The Morgan fingerprint density at radius 1 is 1.59 bits per heavy atom. The van der Waals surface area contributed by atoms with E-state index in [0.717, 1.165) is 0 Å². The monoisotopic (exact) mass is 242 g/mol. The minimum Gasteiger partial charge on any atom is -0.480 e. The van der Waals surface area contributed by atoms with Crippen LogP contribution in [0.1, 0.15) is 12.1 Å². The molecule has 1 rings (SSSR count). The minimum atomic E-state index is -0.995. The zero-order valence-electron chi connectivity index (χ0n) is 9.42. The summed E-state index contributed by atoms with van der Waals surface area (Å²) in [4.78, 5) is 21.6.